The summed E-state index contributed by atoms with van der Waals surface area (Å²) in [6.45, 7) is 4.58. The van der Waals surface area contributed by atoms with Crippen molar-refractivity contribution in [2.75, 3.05) is 7.11 Å². The van der Waals surface area contributed by atoms with E-state index < -0.39 is 6.10 Å². The summed E-state index contributed by atoms with van der Waals surface area (Å²) in [5.41, 5.74) is 0.883. The van der Waals surface area contributed by atoms with Crippen molar-refractivity contribution in [2.45, 2.75) is 89.8 Å². The Kier molecular flexibility index (Phi) is 4.47. The minimum absolute atomic E-state index is 0.00238. The number of ether oxygens (including phenoxy) is 1. The van der Waals surface area contributed by atoms with Gasteiger partial charge in [-0.05, 0) is 67.3 Å². The molecule has 0 spiro atoms. The molecule has 160 valence electrons. The van der Waals surface area contributed by atoms with E-state index in [0.717, 1.165) is 37.7 Å². The molecule has 0 bridgehead atoms. The van der Waals surface area contributed by atoms with Crippen molar-refractivity contribution in [1.29, 1.82) is 0 Å². The zero-order valence-electron chi connectivity index (χ0n) is 18.2. The summed E-state index contributed by atoms with van der Waals surface area (Å²) in [6.07, 6.45) is 10.6. The summed E-state index contributed by atoms with van der Waals surface area (Å²) in [4.78, 5) is 25.6. The normalized spacial score (nSPS) is 48.7. The first kappa shape index (κ1) is 19.9. The van der Waals surface area contributed by atoms with Crippen molar-refractivity contribution in [1.82, 2.24) is 0 Å². The summed E-state index contributed by atoms with van der Waals surface area (Å²) in [7, 11) is 1.81. The van der Waals surface area contributed by atoms with Gasteiger partial charge < -0.3 is 9.84 Å². The number of rotatable bonds is 2. The Morgan fingerprint density at radius 3 is 2.45 bits per heavy atom. The maximum atomic E-state index is 13.3. The van der Waals surface area contributed by atoms with Gasteiger partial charge in [-0.3, -0.25) is 9.59 Å². The van der Waals surface area contributed by atoms with Crippen molar-refractivity contribution >= 4 is 11.6 Å². The summed E-state index contributed by atoms with van der Waals surface area (Å²) < 4.78 is 6.10. The third kappa shape index (κ3) is 2.70. The molecule has 2 unspecified atom stereocenters. The summed E-state index contributed by atoms with van der Waals surface area (Å²) in [5.74, 6) is 1.16. The Morgan fingerprint density at radius 2 is 1.76 bits per heavy atom. The van der Waals surface area contributed by atoms with E-state index in [1.807, 2.05) is 13.2 Å². The molecule has 4 fully saturated rings. The number of allylic oxidation sites excluding steroid dienone is 1. The molecule has 29 heavy (non-hydrogen) atoms. The summed E-state index contributed by atoms with van der Waals surface area (Å²) >= 11 is 0. The number of aliphatic hydroxyl groups excluding tert-OH is 1. The Morgan fingerprint density at radius 1 is 1.03 bits per heavy atom. The number of ketones is 2. The van der Waals surface area contributed by atoms with Crippen LogP contribution in [0.1, 0.15) is 78.1 Å². The number of carbonyl (C=O) groups excluding carboxylic acids is 2. The Balaban J connectivity index is 1.52. The van der Waals surface area contributed by atoms with Gasteiger partial charge in [-0.1, -0.05) is 32.3 Å². The van der Waals surface area contributed by atoms with Gasteiger partial charge in [0, 0.05) is 31.8 Å². The molecular formula is C25H36O4. The van der Waals surface area contributed by atoms with Crippen LogP contribution in [-0.2, 0) is 14.3 Å². The Hall–Kier alpha value is -1.00. The third-order valence-corrected chi connectivity index (χ3v) is 10.1. The van der Waals surface area contributed by atoms with Crippen LogP contribution in [0.2, 0.25) is 0 Å². The van der Waals surface area contributed by atoms with Crippen molar-refractivity contribution in [3.8, 4) is 0 Å². The van der Waals surface area contributed by atoms with Crippen molar-refractivity contribution in [3.05, 3.63) is 11.6 Å². The highest BCUT2D eigenvalue weighted by Crippen LogP contribution is 2.65. The predicted molar refractivity (Wildman–Crippen MR) is 110 cm³/mol. The zero-order chi connectivity index (χ0) is 20.6. The number of methoxy groups -OCH3 is 1. The lowest BCUT2D eigenvalue weighted by molar-refractivity contribution is -0.146. The molecule has 0 saturated heterocycles. The molecule has 4 saturated carbocycles. The second kappa shape index (κ2) is 6.50. The number of hydrogen-bond acceptors (Lipinski definition) is 4. The maximum absolute atomic E-state index is 13.3. The standard InChI is InChI=1S/C25H36O4/c1-23-9-6-17-22(18(23)12-16(26)13-23)21(28)11-15-10-20(27)19(14-24(15,17)2)25(29-3)7-4-5-8-25/h11,17-20,22,27H,4-10,12-14H2,1-3H3/t17-,18+,19?,20?,22-,23-,24+/m1/s1. The molecule has 1 N–H and O–H groups in total. The fourth-order valence-electron chi connectivity index (χ4n) is 8.48. The second-order valence-electron chi connectivity index (χ2n) is 11.4. The molecule has 0 aromatic heterocycles. The molecule has 5 aliphatic rings. The first-order chi connectivity index (χ1) is 13.7. The van der Waals surface area contributed by atoms with Crippen molar-refractivity contribution < 1.29 is 19.4 Å². The second-order valence-corrected chi connectivity index (χ2v) is 11.4. The van der Waals surface area contributed by atoms with Crippen LogP contribution in [0, 0.1) is 34.5 Å². The Labute approximate surface area is 174 Å². The van der Waals surface area contributed by atoms with E-state index in [9.17, 15) is 14.7 Å². The monoisotopic (exact) mass is 400 g/mol. The summed E-state index contributed by atoms with van der Waals surface area (Å²) in [6, 6.07) is 0. The van der Waals surface area contributed by atoms with E-state index in [1.165, 1.54) is 12.8 Å². The van der Waals surface area contributed by atoms with Gasteiger partial charge in [0.15, 0.2) is 5.78 Å². The van der Waals surface area contributed by atoms with Crippen LogP contribution in [0.3, 0.4) is 0 Å². The molecule has 0 aromatic carbocycles. The number of fused-ring (bicyclic) bond motifs is 5. The number of carbonyl (C=O) groups is 2. The van der Waals surface area contributed by atoms with Crippen LogP contribution >= 0.6 is 0 Å². The summed E-state index contributed by atoms with van der Waals surface area (Å²) in [5, 5.41) is 11.1. The Bertz CT molecular complexity index is 763. The number of Topliss-reactive ketones (excluding diaryl/α,β-unsaturated/α-hetero) is 1. The predicted octanol–water partition coefficient (Wildman–Crippen LogP) is 4.24. The lowest BCUT2D eigenvalue weighted by Crippen LogP contribution is -2.57. The SMILES string of the molecule is COC1(C2C[C@@]3(C)C(=CC(=O)[C@@H]4[C@H]3CC[C@]3(C)CC(=O)C[C@@H]43)CC2O)CCCC1. The lowest BCUT2D eigenvalue weighted by Gasteiger charge is -2.58. The van der Waals surface area contributed by atoms with Gasteiger partial charge in [0.1, 0.15) is 5.78 Å². The van der Waals surface area contributed by atoms with Crippen LogP contribution in [-0.4, -0.2) is 35.5 Å². The molecule has 0 heterocycles. The number of hydrogen-bond donors (Lipinski definition) is 1. The van der Waals surface area contributed by atoms with E-state index in [4.69, 9.17) is 4.74 Å². The number of aliphatic hydroxyl groups is 1. The van der Waals surface area contributed by atoms with Gasteiger partial charge in [0.25, 0.3) is 0 Å². The fraction of sp³-hybridized carbons (Fsp3) is 0.840. The van der Waals surface area contributed by atoms with Gasteiger partial charge in [0.2, 0.25) is 0 Å². The average molecular weight is 401 g/mol. The first-order valence-electron chi connectivity index (χ1n) is 11.7. The van der Waals surface area contributed by atoms with Crippen molar-refractivity contribution in [2.24, 2.45) is 34.5 Å². The van der Waals surface area contributed by atoms with E-state index in [-0.39, 0.29) is 40.0 Å². The van der Waals surface area contributed by atoms with E-state index in [2.05, 4.69) is 13.8 Å². The van der Waals surface area contributed by atoms with Gasteiger partial charge in [-0.25, -0.2) is 0 Å². The zero-order valence-corrected chi connectivity index (χ0v) is 18.2. The maximum Gasteiger partial charge on any atom is 0.159 e. The third-order valence-electron chi connectivity index (χ3n) is 10.1. The van der Waals surface area contributed by atoms with E-state index in [1.54, 1.807) is 0 Å². The molecule has 7 atom stereocenters. The quantitative estimate of drug-likeness (QED) is 0.753. The van der Waals surface area contributed by atoms with Gasteiger partial charge in [-0.15, -0.1) is 0 Å². The highest BCUT2D eigenvalue weighted by atomic mass is 16.5. The minimum atomic E-state index is -0.432. The molecule has 0 aromatic rings. The van der Waals surface area contributed by atoms with E-state index in [0.29, 0.717) is 31.0 Å². The molecule has 0 aliphatic heterocycles. The lowest BCUT2D eigenvalue weighted by atomic mass is 9.46. The van der Waals surface area contributed by atoms with Crippen LogP contribution < -0.4 is 0 Å². The minimum Gasteiger partial charge on any atom is -0.392 e. The smallest absolute Gasteiger partial charge is 0.159 e. The van der Waals surface area contributed by atoms with Gasteiger partial charge >= 0.3 is 0 Å². The molecule has 0 radical (unpaired) electrons. The van der Waals surface area contributed by atoms with Gasteiger partial charge in [-0.2, -0.15) is 0 Å². The highest BCUT2D eigenvalue weighted by molar-refractivity contribution is 5.95. The molecule has 0 amide bonds. The highest BCUT2D eigenvalue weighted by Gasteiger charge is 2.62. The van der Waals surface area contributed by atoms with E-state index >= 15 is 0 Å². The molecule has 5 rings (SSSR count). The first-order valence-corrected chi connectivity index (χ1v) is 11.7. The van der Waals surface area contributed by atoms with Crippen LogP contribution in [0.25, 0.3) is 0 Å². The van der Waals surface area contributed by atoms with Crippen LogP contribution in [0.5, 0.6) is 0 Å². The van der Waals surface area contributed by atoms with Crippen LogP contribution in [0.15, 0.2) is 11.6 Å². The van der Waals surface area contributed by atoms with Gasteiger partial charge in [0.05, 0.1) is 11.7 Å². The molecule has 5 aliphatic carbocycles. The fourth-order valence-corrected chi connectivity index (χ4v) is 8.48. The molecular weight excluding hydrogens is 364 g/mol. The van der Waals surface area contributed by atoms with Crippen LogP contribution in [0.4, 0.5) is 0 Å². The van der Waals surface area contributed by atoms with Crippen molar-refractivity contribution in [3.63, 3.8) is 0 Å². The topological polar surface area (TPSA) is 63.6 Å². The largest absolute Gasteiger partial charge is 0.392 e. The average Bonchev–Trinajstić information content (AvgIpc) is 3.26. The molecule has 4 heteroatoms. The molecule has 4 nitrogen and oxygen atoms in total.